The van der Waals surface area contributed by atoms with Crippen LogP contribution in [0.3, 0.4) is 0 Å². The summed E-state index contributed by atoms with van der Waals surface area (Å²) in [5, 5.41) is 0. The minimum Gasteiger partial charge on any atom is -0.412 e. The molecular weight excluding hydrogens is 130 g/mol. The van der Waals surface area contributed by atoms with Crippen LogP contribution < -0.4 is 5.76 Å². The lowest BCUT2D eigenvalue weighted by Gasteiger charge is -1.87. The van der Waals surface area contributed by atoms with Crippen molar-refractivity contribution in [3.63, 3.8) is 0 Å². The SMILES string of the molecule is Cc1[nH]c(=O)oc1C1CC1. The van der Waals surface area contributed by atoms with E-state index in [2.05, 4.69) is 4.98 Å². The van der Waals surface area contributed by atoms with Gasteiger partial charge in [0.25, 0.3) is 0 Å². The van der Waals surface area contributed by atoms with Crippen molar-refractivity contribution in [2.75, 3.05) is 0 Å². The minimum atomic E-state index is -0.320. The monoisotopic (exact) mass is 139 g/mol. The molecule has 0 amide bonds. The predicted molar refractivity (Wildman–Crippen MR) is 36.0 cm³/mol. The molecule has 1 heterocycles. The molecular formula is C7H9NO2. The van der Waals surface area contributed by atoms with Gasteiger partial charge in [0.1, 0.15) is 5.76 Å². The maximum absolute atomic E-state index is 10.6. The van der Waals surface area contributed by atoms with Gasteiger partial charge in [0.05, 0.1) is 5.69 Å². The van der Waals surface area contributed by atoms with Gasteiger partial charge < -0.3 is 4.42 Å². The molecule has 3 heteroatoms. The van der Waals surface area contributed by atoms with Crippen LogP contribution in [0.25, 0.3) is 0 Å². The Morgan fingerprint density at radius 2 is 2.30 bits per heavy atom. The summed E-state index contributed by atoms with van der Waals surface area (Å²) >= 11 is 0. The van der Waals surface area contributed by atoms with E-state index in [1.807, 2.05) is 6.92 Å². The second-order valence-electron chi connectivity index (χ2n) is 2.78. The van der Waals surface area contributed by atoms with E-state index in [-0.39, 0.29) is 5.76 Å². The van der Waals surface area contributed by atoms with E-state index >= 15 is 0 Å². The van der Waals surface area contributed by atoms with Gasteiger partial charge in [-0.2, -0.15) is 0 Å². The molecule has 1 saturated carbocycles. The van der Waals surface area contributed by atoms with Crippen molar-refractivity contribution in [1.82, 2.24) is 4.98 Å². The van der Waals surface area contributed by atoms with E-state index in [0.29, 0.717) is 5.92 Å². The Labute approximate surface area is 58.1 Å². The van der Waals surface area contributed by atoms with Gasteiger partial charge in [0, 0.05) is 5.92 Å². The molecule has 10 heavy (non-hydrogen) atoms. The van der Waals surface area contributed by atoms with E-state index in [0.717, 1.165) is 11.5 Å². The quantitative estimate of drug-likeness (QED) is 0.634. The van der Waals surface area contributed by atoms with Crippen LogP contribution in [-0.2, 0) is 0 Å². The Kier molecular flexibility index (Phi) is 1.01. The maximum Gasteiger partial charge on any atom is 0.416 e. The lowest BCUT2D eigenvalue weighted by atomic mass is 10.3. The zero-order valence-corrected chi connectivity index (χ0v) is 5.81. The van der Waals surface area contributed by atoms with Gasteiger partial charge in [-0.3, -0.25) is 4.98 Å². The summed E-state index contributed by atoms with van der Waals surface area (Å²) in [5.74, 6) is 1.07. The molecule has 1 aliphatic carbocycles. The molecule has 0 aromatic carbocycles. The summed E-state index contributed by atoms with van der Waals surface area (Å²) < 4.78 is 4.93. The van der Waals surface area contributed by atoms with Gasteiger partial charge in [0.15, 0.2) is 0 Å². The Bertz CT molecular complexity index is 293. The molecule has 0 atom stereocenters. The topological polar surface area (TPSA) is 46.0 Å². The number of aryl methyl sites for hydroxylation is 1. The van der Waals surface area contributed by atoms with E-state index < -0.39 is 0 Å². The highest BCUT2D eigenvalue weighted by Gasteiger charge is 2.28. The van der Waals surface area contributed by atoms with Crippen LogP contribution in [0.15, 0.2) is 9.21 Å². The van der Waals surface area contributed by atoms with Gasteiger partial charge in [0.2, 0.25) is 0 Å². The minimum absolute atomic E-state index is 0.320. The van der Waals surface area contributed by atoms with E-state index in [9.17, 15) is 4.79 Å². The fraction of sp³-hybridized carbons (Fsp3) is 0.571. The van der Waals surface area contributed by atoms with E-state index in [4.69, 9.17) is 4.42 Å². The molecule has 3 nitrogen and oxygen atoms in total. The first-order valence-electron chi connectivity index (χ1n) is 3.47. The summed E-state index contributed by atoms with van der Waals surface area (Å²) in [6, 6.07) is 0. The van der Waals surface area contributed by atoms with Crippen molar-refractivity contribution in [1.29, 1.82) is 0 Å². The van der Waals surface area contributed by atoms with Gasteiger partial charge in [-0.05, 0) is 19.8 Å². The number of hydrogen-bond donors (Lipinski definition) is 1. The second kappa shape index (κ2) is 1.75. The van der Waals surface area contributed by atoms with Crippen LogP contribution in [0, 0.1) is 6.92 Å². The lowest BCUT2D eigenvalue weighted by Crippen LogP contribution is -1.94. The second-order valence-corrected chi connectivity index (χ2v) is 2.78. The molecule has 1 fully saturated rings. The van der Waals surface area contributed by atoms with Gasteiger partial charge in [-0.25, -0.2) is 4.79 Å². The highest BCUT2D eigenvalue weighted by atomic mass is 16.4. The number of nitrogens with one attached hydrogen (secondary N) is 1. The van der Waals surface area contributed by atoms with Crippen LogP contribution in [0.1, 0.15) is 30.2 Å². The third-order valence-corrected chi connectivity index (χ3v) is 1.81. The molecule has 0 radical (unpaired) electrons. The number of aromatic nitrogens is 1. The standard InChI is InChI=1S/C7H9NO2/c1-4-6(5-2-3-5)10-7(9)8-4/h5H,2-3H2,1H3,(H,8,9). The zero-order chi connectivity index (χ0) is 7.14. The molecule has 54 valence electrons. The predicted octanol–water partition coefficient (Wildman–Crippen LogP) is 1.15. The van der Waals surface area contributed by atoms with Crippen LogP contribution in [-0.4, -0.2) is 4.98 Å². The summed E-state index contributed by atoms with van der Waals surface area (Å²) in [4.78, 5) is 13.2. The molecule has 1 N–H and O–H groups in total. The normalized spacial score (nSPS) is 17.7. The largest absolute Gasteiger partial charge is 0.416 e. The Morgan fingerprint density at radius 1 is 1.60 bits per heavy atom. The van der Waals surface area contributed by atoms with E-state index in [1.54, 1.807) is 0 Å². The van der Waals surface area contributed by atoms with Crippen molar-refractivity contribution in [2.45, 2.75) is 25.7 Å². The van der Waals surface area contributed by atoms with Crippen LogP contribution in [0.2, 0.25) is 0 Å². The number of oxazole rings is 1. The molecule has 0 unspecified atom stereocenters. The summed E-state index contributed by atoms with van der Waals surface area (Å²) in [5.41, 5.74) is 0.896. The Hall–Kier alpha value is -0.990. The van der Waals surface area contributed by atoms with Crippen molar-refractivity contribution in [3.8, 4) is 0 Å². The fourth-order valence-electron chi connectivity index (χ4n) is 1.15. The maximum atomic E-state index is 10.6. The molecule has 1 aliphatic rings. The van der Waals surface area contributed by atoms with E-state index in [1.165, 1.54) is 12.8 Å². The van der Waals surface area contributed by atoms with Crippen molar-refractivity contribution >= 4 is 0 Å². The lowest BCUT2D eigenvalue weighted by molar-refractivity contribution is 0.469. The highest BCUT2D eigenvalue weighted by molar-refractivity contribution is 5.15. The van der Waals surface area contributed by atoms with Gasteiger partial charge in [-0.1, -0.05) is 0 Å². The number of aromatic amines is 1. The first kappa shape index (κ1) is 5.77. The van der Waals surface area contributed by atoms with Crippen LogP contribution in [0.5, 0.6) is 0 Å². The number of H-pyrrole nitrogens is 1. The molecule has 0 spiro atoms. The summed E-state index contributed by atoms with van der Waals surface area (Å²) in [6.45, 7) is 1.87. The highest BCUT2D eigenvalue weighted by Crippen LogP contribution is 2.40. The molecule has 1 aromatic rings. The molecule has 1 aromatic heterocycles. The first-order chi connectivity index (χ1) is 4.77. The van der Waals surface area contributed by atoms with Gasteiger partial charge in [-0.15, -0.1) is 0 Å². The average molecular weight is 139 g/mol. The van der Waals surface area contributed by atoms with Gasteiger partial charge >= 0.3 is 5.76 Å². The zero-order valence-electron chi connectivity index (χ0n) is 5.81. The van der Waals surface area contributed by atoms with Crippen molar-refractivity contribution < 1.29 is 4.42 Å². The summed E-state index contributed by atoms with van der Waals surface area (Å²) in [6.07, 6.45) is 2.34. The van der Waals surface area contributed by atoms with Crippen molar-refractivity contribution in [3.05, 3.63) is 22.0 Å². The Balaban J connectivity index is 2.47. The van der Waals surface area contributed by atoms with Crippen LogP contribution in [0.4, 0.5) is 0 Å². The molecule has 0 aliphatic heterocycles. The average Bonchev–Trinajstić information content (AvgIpc) is 2.61. The van der Waals surface area contributed by atoms with Crippen molar-refractivity contribution in [2.24, 2.45) is 0 Å². The number of rotatable bonds is 1. The fourth-order valence-corrected chi connectivity index (χ4v) is 1.15. The first-order valence-corrected chi connectivity index (χ1v) is 3.47. The molecule has 0 saturated heterocycles. The van der Waals surface area contributed by atoms with Crippen LogP contribution >= 0.6 is 0 Å². The number of hydrogen-bond acceptors (Lipinski definition) is 2. The summed E-state index contributed by atoms with van der Waals surface area (Å²) in [7, 11) is 0. The third kappa shape index (κ3) is 0.781. The third-order valence-electron chi connectivity index (χ3n) is 1.81. The smallest absolute Gasteiger partial charge is 0.412 e. The Morgan fingerprint density at radius 3 is 2.70 bits per heavy atom. The molecule has 0 bridgehead atoms. The molecule has 2 rings (SSSR count).